The molecule has 126 valence electrons. The third-order valence-electron chi connectivity index (χ3n) is 5.02. The fraction of sp³-hybridized carbons (Fsp3) is 0.588. The summed E-state index contributed by atoms with van der Waals surface area (Å²) >= 11 is 0. The first-order valence-electron chi connectivity index (χ1n) is 8.11. The Morgan fingerprint density at radius 3 is 2.61 bits per heavy atom. The molecular formula is C17H21F3N2O. The number of hydrogen-bond acceptors (Lipinski definition) is 2. The largest absolute Gasteiger partial charge is 0.416 e. The van der Waals surface area contributed by atoms with E-state index in [1.807, 2.05) is 0 Å². The third kappa shape index (κ3) is 3.22. The third-order valence-corrected chi connectivity index (χ3v) is 5.02. The molecule has 1 amide bonds. The summed E-state index contributed by atoms with van der Waals surface area (Å²) in [5, 5.41) is 6.27. The van der Waals surface area contributed by atoms with Crippen LogP contribution in [0.25, 0.3) is 0 Å². The summed E-state index contributed by atoms with van der Waals surface area (Å²) in [7, 11) is 0. The van der Waals surface area contributed by atoms with Crippen molar-refractivity contribution < 1.29 is 18.0 Å². The van der Waals surface area contributed by atoms with Crippen LogP contribution in [0.5, 0.6) is 0 Å². The first-order chi connectivity index (χ1) is 10.9. The van der Waals surface area contributed by atoms with E-state index in [4.69, 9.17) is 0 Å². The molecule has 1 saturated heterocycles. The Balaban J connectivity index is 1.81. The van der Waals surface area contributed by atoms with Crippen molar-refractivity contribution in [1.82, 2.24) is 10.6 Å². The number of benzene rings is 1. The molecule has 1 aromatic carbocycles. The fourth-order valence-electron chi connectivity index (χ4n) is 3.47. The Labute approximate surface area is 133 Å². The predicted octanol–water partition coefficient (Wildman–Crippen LogP) is 3.00. The van der Waals surface area contributed by atoms with Gasteiger partial charge in [0.05, 0.1) is 11.0 Å². The summed E-state index contributed by atoms with van der Waals surface area (Å²) in [5.74, 6) is -0.128. The van der Waals surface area contributed by atoms with Crippen molar-refractivity contribution in [3.8, 4) is 0 Å². The lowest BCUT2D eigenvalue weighted by atomic mass is 9.63. The van der Waals surface area contributed by atoms with E-state index in [2.05, 4.69) is 10.6 Å². The van der Waals surface area contributed by atoms with Crippen molar-refractivity contribution >= 4 is 5.91 Å². The Bertz CT molecular complexity index is 575. The lowest BCUT2D eigenvalue weighted by Gasteiger charge is -2.42. The Kier molecular flexibility index (Phi) is 4.36. The van der Waals surface area contributed by atoms with E-state index in [1.54, 1.807) is 6.07 Å². The van der Waals surface area contributed by atoms with E-state index in [0.29, 0.717) is 18.4 Å². The topological polar surface area (TPSA) is 41.1 Å². The molecule has 1 atom stereocenters. The Morgan fingerprint density at radius 1 is 1.26 bits per heavy atom. The van der Waals surface area contributed by atoms with Gasteiger partial charge in [0, 0.05) is 12.6 Å². The van der Waals surface area contributed by atoms with Gasteiger partial charge in [-0.25, -0.2) is 0 Å². The van der Waals surface area contributed by atoms with Gasteiger partial charge in [-0.05, 0) is 43.9 Å². The molecule has 1 aromatic rings. The smallest absolute Gasteiger partial charge is 0.351 e. The van der Waals surface area contributed by atoms with Crippen molar-refractivity contribution in [3.05, 3.63) is 35.4 Å². The van der Waals surface area contributed by atoms with Crippen molar-refractivity contribution in [3.63, 3.8) is 0 Å². The van der Waals surface area contributed by atoms with Gasteiger partial charge in [-0.1, -0.05) is 24.6 Å². The maximum atomic E-state index is 12.9. The molecular weight excluding hydrogens is 305 g/mol. The maximum Gasteiger partial charge on any atom is 0.416 e. The van der Waals surface area contributed by atoms with E-state index < -0.39 is 17.2 Å². The number of alkyl halides is 3. The van der Waals surface area contributed by atoms with Crippen LogP contribution in [0.15, 0.2) is 24.3 Å². The molecule has 0 spiro atoms. The van der Waals surface area contributed by atoms with E-state index in [-0.39, 0.29) is 11.9 Å². The fourth-order valence-corrected chi connectivity index (χ4v) is 3.47. The second-order valence-electron chi connectivity index (χ2n) is 6.53. The van der Waals surface area contributed by atoms with Crippen LogP contribution in [-0.2, 0) is 16.4 Å². The van der Waals surface area contributed by atoms with Crippen LogP contribution < -0.4 is 10.6 Å². The zero-order valence-electron chi connectivity index (χ0n) is 12.9. The molecule has 0 aromatic heterocycles. The summed E-state index contributed by atoms with van der Waals surface area (Å²) in [6.07, 6.45) is -0.378. The minimum atomic E-state index is -4.38. The zero-order chi connectivity index (χ0) is 16.5. The molecule has 6 heteroatoms. The van der Waals surface area contributed by atoms with Gasteiger partial charge in [-0.2, -0.15) is 13.2 Å². The second kappa shape index (κ2) is 6.15. The van der Waals surface area contributed by atoms with E-state index >= 15 is 0 Å². The number of halogens is 3. The number of rotatable bonds is 3. The molecule has 2 aliphatic rings. The van der Waals surface area contributed by atoms with Gasteiger partial charge in [-0.15, -0.1) is 0 Å². The van der Waals surface area contributed by atoms with Gasteiger partial charge in [0.25, 0.3) is 0 Å². The van der Waals surface area contributed by atoms with E-state index in [0.717, 1.165) is 44.5 Å². The molecule has 2 N–H and O–H groups in total. The molecule has 3 rings (SSSR count). The highest BCUT2D eigenvalue weighted by Gasteiger charge is 2.47. The minimum Gasteiger partial charge on any atom is -0.351 e. The van der Waals surface area contributed by atoms with Gasteiger partial charge in [0.2, 0.25) is 5.91 Å². The Morgan fingerprint density at radius 2 is 2.04 bits per heavy atom. The van der Waals surface area contributed by atoms with Crippen LogP contribution in [0.4, 0.5) is 13.2 Å². The highest BCUT2D eigenvalue weighted by Crippen LogP contribution is 2.45. The summed E-state index contributed by atoms with van der Waals surface area (Å²) in [5.41, 5.74) is -0.994. The van der Waals surface area contributed by atoms with Crippen molar-refractivity contribution in [2.75, 3.05) is 13.1 Å². The summed E-state index contributed by atoms with van der Waals surface area (Å²) in [6.45, 7) is 1.68. The number of amides is 1. The van der Waals surface area contributed by atoms with E-state index in [1.165, 1.54) is 6.07 Å². The zero-order valence-corrected chi connectivity index (χ0v) is 12.9. The summed E-state index contributed by atoms with van der Waals surface area (Å²) < 4.78 is 38.8. The molecule has 0 bridgehead atoms. The van der Waals surface area contributed by atoms with Crippen LogP contribution in [0.3, 0.4) is 0 Å². The van der Waals surface area contributed by atoms with Gasteiger partial charge < -0.3 is 10.6 Å². The van der Waals surface area contributed by atoms with Gasteiger partial charge in [0.1, 0.15) is 0 Å². The van der Waals surface area contributed by atoms with Gasteiger partial charge in [-0.3, -0.25) is 4.79 Å². The molecule has 3 nitrogen and oxygen atoms in total. The normalized spacial score (nSPS) is 23.9. The number of nitrogens with one attached hydrogen (secondary N) is 2. The van der Waals surface area contributed by atoms with Crippen molar-refractivity contribution in [2.24, 2.45) is 0 Å². The van der Waals surface area contributed by atoms with Crippen LogP contribution in [0.1, 0.15) is 43.2 Å². The van der Waals surface area contributed by atoms with Crippen LogP contribution in [0.2, 0.25) is 0 Å². The molecule has 1 aliphatic carbocycles. The molecule has 23 heavy (non-hydrogen) atoms. The van der Waals surface area contributed by atoms with Gasteiger partial charge in [0.15, 0.2) is 0 Å². The first kappa shape index (κ1) is 16.3. The average molecular weight is 326 g/mol. The lowest BCUT2D eigenvalue weighted by Crippen LogP contribution is -2.55. The standard InChI is InChI=1S/C17H21F3N2O/c18-17(19,20)13-5-1-4-12(10-13)16(7-3-8-16)15(23)22-14-6-2-9-21-11-14/h1,4-5,10,14,21H,2-3,6-9,11H2,(H,22,23)/t14-/m0/s1. The monoisotopic (exact) mass is 326 g/mol. The second-order valence-corrected chi connectivity index (χ2v) is 6.53. The van der Waals surface area contributed by atoms with Crippen LogP contribution in [-0.4, -0.2) is 25.0 Å². The summed E-state index contributed by atoms with van der Waals surface area (Å²) in [4.78, 5) is 12.8. The summed E-state index contributed by atoms with van der Waals surface area (Å²) in [6, 6.07) is 5.30. The van der Waals surface area contributed by atoms with Crippen LogP contribution >= 0.6 is 0 Å². The average Bonchev–Trinajstić information content (AvgIpc) is 2.46. The highest BCUT2D eigenvalue weighted by atomic mass is 19.4. The first-order valence-corrected chi connectivity index (χ1v) is 8.11. The van der Waals surface area contributed by atoms with Gasteiger partial charge >= 0.3 is 6.18 Å². The molecule has 0 unspecified atom stereocenters. The lowest BCUT2D eigenvalue weighted by molar-refractivity contribution is -0.138. The molecule has 1 heterocycles. The van der Waals surface area contributed by atoms with Crippen LogP contribution in [0, 0.1) is 0 Å². The number of hydrogen-bond donors (Lipinski definition) is 2. The number of carbonyl (C=O) groups is 1. The molecule has 1 aliphatic heterocycles. The molecule has 2 fully saturated rings. The number of carbonyl (C=O) groups excluding carboxylic acids is 1. The quantitative estimate of drug-likeness (QED) is 0.896. The predicted molar refractivity (Wildman–Crippen MR) is 81.0 cm³/mol. The molecule has 1 saturated carbocycles. The maximum absolute atomic E-state index is 12.9. The minimum absolute atomic E-state index is 0.0690. The van der Waals surface area contributed by atoms with Crippen molar-refractivity contribution in [2.45, 2.75) is 49.7 Å². The highest BCUT2D eigenvalue weighted by molar-refractivity contribution is 5.89. The Hall–Kier alpha value is -1.56. The molecule has 0 radical (unpaired) electrons. The SMILES string of the molecule is O=C(N[C@H]1CCCNC1)C1(c2cccc(C(F)(F)F)c2)CCC1. The number of piperidine rings is 1. The van der Waals surface area contributed by atoms with Crippen molar-refractivity contribution in [1.29, 1.82) is 0 Å². The van der Waals surface area contributed by atoms with E-state index in [9.17, 15) is 18.0 Å².